The van der Waals surface area contributed by atoms with Gasteiger partial charge in [-0.15, -0.1) is 0 Å². The van der Waals surface area contributed by atoms with Crippen molar-refractivity contribution in [2.24, 2.45) is 21.8 Å². The van der Waals surface area contributed by atoms with Gasteiger partial charge in [0, 0.05) is 0 Å². The van der Waals surface area contributed by atoms with Gasteiger partial charge < -0.3 is 0 Å². The molecule has 0 aromatic heterocycles. The highest BCUT2D eigenvalue weighted by Gasteiger charge is 2.35. The Balaban J connectivity index is 1.63. The Morgan fingerprint density at radius 1 is 0.556 bits per heavy atom. The van der Waals surface area contributed by atoms with Gasteiger partial charge in [0.1, 0.15) is 0 Å². The number of nitrogens with zero attached hydrogens (tertiary/aromatic N) is 2. The predicted molar refractivity (Wildman–Crippen MR) is 161 cm³/mol. The van der Waals surface area contributed by atoms with Gasteiger partial charge in [-0.25, -0.2) is 0 Å². The first-order valence-corrected chi connectivity index (χ1v) is 15.8. The molecular formula is C34H57N2+. The summed E-state index contributed by atoms with van der Waals surface area (Å²) in [7, 11) is 0. The molecule has 2 rings (SSSR count). The Bertz CT molecular complexity index is 653. The molecule has 2 atom stereocenters. The molecule has 1 heterocycles. The maximum atomic E-state index is 4.68. The molecule has 0 saturated carbocycles. The fourth-order valence-electron chi connectivity index (χ4n) is 5.77. The Morgan fingerprint density at radius 2 is 1.00 bits per heavy atom. The molecule has 0 amide bonds. The summed E-state index contributed by atoms with van der Waals surface area (Å²) in [6.07, 6.45) is 33.8. The lowest BCUT2D eigenvalue weighted by Gasteiger charge is -2.26. The average molecular weight is 494 g/mol. The molecule has 0 spiro atoms. The van der Waals surface area contributed by atoms with Crippen molar-refractivity contribution in [3.8, 4) is 0 Å². The second kappa shape index (κ2) is 21.5. The molecule has 2 heteroatoms. The fourth-order valence-corrected chi connectivity index (χ4v) is 5.77. The standard InChI is InChI=1S/C34H57N2/c1-3-5-7-8-9-10-11-12-13-14-15-16-17-18-23-27-33(34-35-28-29-36-34)32(26-20-6-4-2)30-31-24-21-19-22-25-31/h19,21-22,24-25,28-29,32-33H,3-18,20,23,26-27,30H2,1-2H3/q+1. The van der Waals surface area contributed by atoms with Crippen LogP contribution in [0.15, 0.2) is 40.3 Å². The van der Waals surface area contributed by atoms with Crippen LogP contribution >= 0.6 is 0 Å². The van der Waals surface area contributed by atoms with Crippen LogP contribution in [0.1, 0.15) is 148 Å². The number of benzene rings is 1. The fraction of sp³-hybridized carbons (Fsp3) is 0.735. The van der Waals surface area contributed by atoms with Crippen LogP contribution in [0.3, 0.4) is 0 Å². The van der Waals surface area contributed by atoms with E-state index in [0.29, 0.717) is 11.8 Å². The Morgan fingerprint density at radius 3 is 1.53 bits per heavy atom. The second-order valence-corrected chi connectivity index (χ2v) is 11.2. The number of aliphatic imine (C=N–C) groups is 2. The molecule has 1 aliphatic rings. The van der Waals surface area contributed by atoms with Gasteiger partial charge >= 0.3 is 0 Å². The van der Waals surface area contributed by atoms with Gasteiger partial charge in [-0.05, 0) is 30.7 Å². The summed E-state index contributed by atoms with van der Waals surface area (Å²) in [5, 5.41) is 0. The van der Waals surface area contributed by atoms with Crippen molar-refractivity contribution >= 4 is 12.4 Å². The first-order chi connectivity index (χ1) is 17.8. The van der Waals surface area contributed by atoms with E-state index in [1.807, 2.05) is 12.4 Å². The Labute approximate surface area is 224 Å². The molecule has 0 radical (unpaired) electrons. The third-order valence-electron chi connectivity index (χ3n) is 8.02. The molecular weight excluding hydrogens is 436 g/mol. The first-order valence-electron chi connectivity index (χ1n) is 15.8. The van der Waals surface area contributed by atoms with Gasteiger partial charge in [0.05, 0.1) is 5.92 Å². The summed E-state index contributed by atoms with van der Waals surface area (Å²) in [6, 6.07) is 11.1. The zero-order valence-corrected chi connectivity index (χ0v) is 23.9. The maximum Gasteiger partial charge on any atom is 0.244 e. The van der Waals surface area contributed by atoms with E-state index in [1.54, 1.807) is 0 Å². The second-order valence-electron chi connectivity index (χ2n) is 11.2. The average Bonchev–Trinajstić information content (AvgIpc) is 3.43. The Hall–Kier alpha value is -1.57. The lowest BCUT2D eigenvalue weighted by molar-refractivity contribution is 0.284. The molecule has 0 fully saturated rings. The van der Waals surface area contributed by atoms with Crippen LogP contribution in [0.5, 0.6) is 0 Å². The van der Waals surface area contributed by atoms with Gasteiger partial charge in [-0.1, -0.05) is 170 Å². The van der Waals surface area contributed by atoms with Gasteiger partial charge in [0.25, 0.3) is 0 Å². The van der Waals surface area contributed by atoms with E-state index in [9.17, 15) is 0 Å². The summed E-state index contributed by atoms with van der Waals surface area (Å²) < 4.78 is 0. The molecule has 0 aliphatic carbocycles. The van der Waals surface area contributed by atoms with Crippen molar-refractivity contribution in [1.82, 2.24) is 0 Å². The van der Waals surface area contributed by atoms with Crippen molar-refractivity contribution in [2.45, 2.75) is 149 Å². The van der Waals surface area contributed by atoms with E-state index >= 15 is 0 Å². The molecule has 2 nitrogen and oxygen atoms in total. The minimum atomic E-state index is 0.499. The zero-order chi connectivity index (χ0) is 25.5. The van der Waals surface area contributed by atoms with Gasteiger partial charge in [-0.2, -0.15) is 0 Å². The van der Waals surface area contributed by atoms with E-state index < -0.39 is 0 Å². The largest absolute Gasteiger partial charge is 0.244 e. The number of hydrogen-bond acceptors (Lipinski definition) is 2. The van der Waals surface area contributed by atoms with Crippen molar-refractivity contribution in [3.63, 3.8) is 0 Å². The van der Waals surface area contributed by atoms with Crippen LogP contribution in [0.25, 0.3) is 0 Å². The molecule has 0 bridgehead atoms. The van der Waals surface area contributed by atoms with Crippen molar-refractivity contribution in [3.05, 3.63) is 42.1 Å². The SMILES string of the molecule is CCCCCCCCCCCCCCCCCC([C+]1N=CC=N1)C(CCCCC)Cc1ccccc1. The van der Waals surface area contributed by atoms with Crippen LogP contribution in [-0.2, 0) is 6.42 Å². The smallest absolute Gasteiger partial charge is 0.0965 e. The van der Waals surface area contributed by atoms with E-state index in [0.717, 1.165) is 12.6 Å². The minimum Gasteiger partial charge on any atom is -0.0965 e. The lowest BCUT2D eigenvalue weighted by Crippen LogP contribution is -2.22. The monoisotopic (exact) mass is 493 g/mol. The van der Waals surface area contributed by atoms with Crippen LogP contribution in [0.2, 0.25) is 0 Å². The van der Waals surface area contributed by atoms with E-state index in [-0.39, 0.29) is 0 Å². The van der Waals surface area contributed by atoms with Gasteiger partial charge in [0.2, 0.25) is 6.17 Å². The molecule has 2 unspecified atom stereocenters. The molecule has 202 valence electrons. The van der Waals surface area contributed by atoms with Crippen molar-refractivity contribution < 1.29 is 0 Å². The van der Waals surface area contributed by atoms with Crippen LogP contribution in [0, 0.1) is 18.0 Å². The Kier molecular flexibility index (Phi) is 18.3. The predicted octanol–water partition coefficient (Wildman–Crippen LogP) is 10.9. The van der Waals surface area contributed by atoms with Crippen LogP contribution in [-0.4, -0.2) is 12.4 Å². The van der Waals surface area contributed by atoms with E-state index in [2.05, 4.69) is 54.2 Å². The molecule has 1 aliphatic heterocycles. The number of rotatable bonds is 24. The molecule has 0 saturated heterocycles. The topological polar surface area (TPSA) is 24.7 Å². The first kappa shape index (κ1) is 30.7. The summed E-state index contributed by atoms with van der Waals surface area (Å²) in [5.41, 5.74) is 1.46. The highest BCUT2D eigenvalue weighted by molar-refractivity contribution is 6.18. The molecule has 1 aromatic carbocycles. The van der Waals surface area contributed by atoms with E-state index in [4.69, 9.17) is 0 Å². The lowest BCUT2D eigenvalue weighted by atomic mass is 9.78. The van der Waals surface area contributed by atoms with Gasteiger partial charge in [0.15, 0.2) is 12.4 Å². The quantitative estimate of drug-likeness (QED) is 0.101. The highest BCUT2D eigenvalue weighted by atomic mass is 15.0. The molecule has 36 heavy (non-hydrogen) atoms. The van der Waals surface area contributed by atoms with Crippen molar-refractivity contribution in [2.75, 3.05) is 0 Å². The van der Waals surface area contributed by atoms with Crippen LogP contribution in [0.4, 0.5) is 0 Å². The van der Waals surface area contributed by atoms with Crippen LogP contribution < -0.4 is 0 Å². The summed E-state index contributed by atoms with van der Waals surface area (Å²) in [5.74, 6) is 1.15. The number of unbranched alkanes of at least 4 members (excludes halogenated alkanes) is 16. The summed E-state index contributed by atoms with van der Waals surface area (Å²) >= 11 is 0. The molecule has 0 N–H and O–H groups in total. The normalized spacial score (nSPS) is 14.6. The zero-order valence-electron chi connectivity index (χ0n) is 23.9. The number of hydrogen-bond donors (Lipinski definition) is 0. The summed E-state index contributed by atoms with van der Waals surface area (Å²) in [4.78, 5) is 9.37. The third-order valence-corrected chi connectivity index (χ3v) is 8.02. The van der Waals surface area contributed by atoms with Gasteiger partial charge in [-0.3, -0.25) is 0 Å². The molecule has 1 aromatic rings. The summed E-state index contributed by atoms with van der Waals surface area (Å²) in [6.45, 7) is 4.61. The third kappa shape index (κ3) is 14.2. The minimum absolute atomic E-state index is 0.499. The maximum absolute atomic E-state index is 4.68. The van der Waals surface area contributed by atoms with E-state index in [1.165, 1.54) is 134 Å². The highest BCUT2D eigenvalue weighted by Crippen LogP contribution is 2.36. The van der Waals surface area contributed by atoms with Crippen molar-refractivity contribution in [1.29, 1.82) is 0 Å².